The quantitative estimate of drug-likeness (QED) is 0.869. The third-order valence-corrected chi connectivity index (χ3v) is 3.07. The maximum absolute atomic E-state index is 6.18. The van der Waals surface area contributed by atoms with Gasteiger partial charge in [-0.2, -0.15) is 5.10 Å². The SMILES string of the molecule is CCc1cc(CC(N)c2cc(OC)ncn2)n(C)n1. The molecule has 6 nitrogen and oxygen atoms in total. The van der Waals surface area contributed by atoms with Crippen LogP contribution in [0.1, 0.15) is 30.0 Å². The Kier molecular flexibility index (Phi) is 4.11. The van der Waals surface area contributed by atoms with E-state index in [9.17, 15) is 0 Å². The fourth-order valence-corrected chi connectivity index (χ4v) is 1.93. The molecule has 1 atom stereocenters. The zero-order chi connectivity index (χ0) is 13.8. The van der Waals surface area contributed by atoms with Crippen LogP contribution in [0.5, 0.6) is 5.88 Å². The monoisotopic (exact) mass is 261 g/mol. The molecule has 2 aromatic rings. The van der Waals surface area contributed by atoms with Gasteiger partial charge in [-0.15, -0.1) is 0 Å². The summed E-state index contributed by atoms with van der Waals surface area (Å²) < 4.78 is 6.95. The first-order chi connectivity index (χ1) is 9.13. The minimum atomic E-state index is -0.197. The number of aryl methyl sites for hydroxylation is 2. The summed E-state index contributed by atoms with van der Waals surface area (Å²) in [6, 6.07) is 3.65. The zero-order valence-electron chi connectivity index (χ0n) is 11.5. The summed E-state index contributed by atoms with van der Waals surface area (Å²) in [6.07, 6.45) is 3.07. The van der Waals surface area contributed by atoms with E-state index in [0.29, 0.717) is 12.3 Å². The van der Waals surface area contributed by atoms with Gasteiger partial charge in [-0.1, -0.05) is 6.92 Å². The van der Waals surface area contributed by atoms with Crippen LogP contribution in [0, 0.1) is 0 Å². The highest BCUT2D eigenvalue weighted by Crippen LogP contribution is 2.17. The van der Waals surface area contributed by atoms with Gasteiger partial charge < -0.3 is 10.5 Å². The van der Waals surface area contributed by atoms with Crippen molar-refractivity contribution in [3.8, 4) is 5.88 Å². The smallest absolute Gasteiger partial charge is 0.216 e. The van der Waals surface area contributed by atoms with Crippen molar-refractivity contribution in [2.24, 2.45) is 12.8 Å². The predicted octanol–water partition coefficient (Wildman–Crippen LogP) is 1.02. The highest BCUT2D eigenvalue weighted by Gasteiger charge is 2.13. The largest absolute Gasteiger partial charge is 0.481 e. The number of ether oxygens (including phenoxy) is 1. The van der Waals surface area contributed by atoms with Gasteiger partial charge in [-0.25, -0.2) is 9.97 Å². The van der Waals surface area contributed by atoms with Crippen molar-refractivity contribution in [3.63, 3.8) is 0 Å². The molecule has 2 rings (SSSR count). The molecular formula is C13H19N5O. The molecule has 102 valence electrons. The lowest BCUT2D eigenvalue weighted by molar-refractivity contribution is 0.395. The van der Waals surface area contributed by atoms with Crippen molar-refractivity contribution in [2.45, 2.75) is 25.8 Å². The molecule has 2 N–H and O–H groups in total. The Hall–Kier alpha value is -1.95. The molecule has 2 aromatic heterocycles. The summed E-state index contributed by atoms with van der Waals surface area (Å²) >= 11 is 0. The molecule has 19 heavy (non-hydrogen) atoms. The molecule has 2 heterocycles. The standard InChI is InChI=1S/C13H19N5O/c1-4-9-5-10(18(2)17-9)6-11(14)12-7-13(19-3)16-8-15-12/h5,7-8,11H,4,6,14H2,1-3H3. The van der Waals surface area contributed by atoms with Crippen LogP contribution in [-0.2, 0) is 19.9 Å². The number of methoxy groups -OCH3 is 1. The van der Waals surface area contributed by atoms with Gasteiger partial charge in [0.15, 0.2) is 0 Å². The molecule has 0 aliphatic carbocycles. The second kappa shape index (κ2) is 5.79. The number of hydrogen-bond donors (Lipinski definition) is 1. The fourth-order valence-electron chi connectivity index (χ4n) is 1.93. The molecule has 0 bridgehead atoms. The van der Waals surface area contributed by atoms with Crippen LogP contribution >= 0.6 is 0 Å². The summed E-state index contributed by atoms with van der Waals surface area (Å²) in [4.78, 5) is 8.17. The van der Waals surface area contributed by atoms with Gasteiger partial charge in [-0.3, -0.25) is 4.68 Å². The van der Waals surface area contributed by atoms with Crippen LogP contribution in [0.15, 0.2) is 18.5 Å². The first kappa shape index (κ1) is 13.5. The molecule has 0 radical (unpaired) electrons. The Morgan fingerprint density at radius 1 is 1.37 bits per heavy atom. The van der Waals surface area contributed by atoms with E-state index in [-0.39, 0.29) is 6.04 Å². The maximum Gasteiger partial charge on any atom is 0.216 e. The molecule has 1 unspecified atom stereocenters. The van der Waals surface area contributed by atoms with E-state index in [1.54, 1.807) is 13.2 Å². The Morgan fingerprint density at radius 3 is 2.79 bits per heavy atom. The topological polar surface area (TPSA) is 78.9 Å². The van der Waals surface area contributed by atoms with Crippen LogP contribution in [0.4, 0.5) is 0 Å². The third kappa shape index (κ3) is 3.08. The van der Waals surface area contributed by atoms with E-state index in [1.807, 2.05) is 11.7 Å². The van der Waals surface area contributed by atoms with Crippen LogP contribution in [0.25, 0.3) is 0 Å². The predicted molar refractivity (Wildman–Crippen MR) is 71.8 cm³/mol. The lowest BCUT2D eigenvalue weighted by Crippen LogP contribution is -2.17. The summed E-state index contributed by atoms with van der Waals surface area (Å²) in [7, 11) is 3.51. The van der Waals surface area contributed by atoms with Gasteiger partial charge in [0.25, 0.3) is 0 Å². The van der Waals surface area contributed by atoms with Crippen LogP contribution in [-0.4, -0.2) is 26.9 Å². The number of aromatic nitrogens is 4. The second-order valence-electron chi connectivity index (χ2n) is 4.40. The van der Waals surface area contributed by atoms with E-state index < -0.39 is 0 Å². The van der Waals surface area contributed by atoms with Crippen LogP contribution in [0.2, 0.25) is 0 Å². The van der Waals surface area contributed by atoms with Crippen LogP contribution in [0.3, 0.4) is 0 Å². The minimum Gasteiger partial charge on any atom is -0.481 e. The zero-order valence-corrected chi connectivity index (χ0v) is 11.5. The van der Waals surface area contributed by atoms with Crippen molar-refractivity contribution in [3.05, 3.63) is 35.5 Å². The lowest BCUT2D eigenvalue weighted by Gasteiger charge is -2.11. The van der Waals surface area contributed by atoms with E-state index in [0.717, 1.165) is 23.5 Å². The number of rotatable bonds is 5. The normalized spacial score (nSPS) is 12.4. The minimum absolute atomic E-state index is 0.197. The maximum atomic E-state index is 6.18. The van der Waals surface area contributed by atoms with Gasteiger partial charge >= 0.3 is 0 Å². The average Bonchev–Trinajstić information content (AvgIpc) is 2.79. The Bertz CT molecular complexity index is 552. The average molecular weight is 261 g/mol. The molecule has 0 spiro atoms. The summed E-state index contributed by atoms with van der Waals surface area (Å²) in [5, 5.41) is 4.41. The molecular weight excluding hydrogens is 242 g/mol. The number of hydrogen-bond acceptors (Lipinski definition) is 5. The highest BCUT2D eigenvalue weighted by molar-refractivity contribution is 5.19. The summed E-state index contributed by atoms with van der Waals surface area (Å²) in [5.41, 5.74) is 9.13. The van der Waals surface area contributed by atoms with Crippen molar-refractivity contribution in [1.82, 2.24) is 19.7 Å². The second-order valence-corrected chi connectivity index (χ2v) is 4.40. The van der Waals surface area contributed by atoms with Crippen molar-refractivity contribution in [2.75, 3.05) is 7.11 Å². The number of nitrogens with zero attached hydrogens (tertiary/aromatic N) is 4. The fraction of sp³-hybridized carbons (Fsp3) is 0.462. The van der Waals surface area contributed by atoms with E-state index in [4.69, 9.17) is 10.5 Å². The van der Waals surface area contributed by atoms with Crippen molar-refractivity contribution in [1.29, 1.82) is 0 Å². The summed E-state index contributed by atoms with van der Waals surface area (Å²) in [6.45, 7) is 2.08. The van der Waals surface area contributed by atoms with Gasteiger partial charge in [0.2, 0.25) is 5.88 Å². The van der Waals surface area contributed by atoms with E-state index in [2.05, 4.69) is 28.1 Å². The molecule has 0 amide bonds. The van der Waals surface area contributed by atoms with E-state index >= 15 is 0 Å². The van der Waals surface area contributed by atoms with Crippen LogP contribution < -0.4 is 10.5 Å². The Morgan fingerprint density at radius 2 is 2.16 bits per heavy atom. The van der Waals surface area contributed by atoms with Gasteiger partial charge in [-0.05, 0) is 12.5 Å². The lowest BCUT2D eigenvalue weighted by atomic mass is 10.1. The third-order valence-electron chi connectivity index (χ3n) is 3.07. The van der Waals surface area contributed by atoms with Crippen molar-refractivity contribution >= 4 is 0 Å². The molecule has 0 aromatic carbocycles. The molecule has 0 aliphatic heterocycles. The molecule has 0 aliphatic rings. The van der Waals surface area contributed by atoms with E-state index in [1.165, 1.54) is 6.33 Å². The van der Waals surface area contributed by atoms with Gasteiger partial charge in [0.05, 0.1) is 24.5 Å². The highest BCUT2D eigenvalue weighted by atomic mass is 16.5. The Balaban J connectivity index is 2.15. The first-order valence-corrected chi connectivity index (χ1v) is 6.27. The van der Waals surface area contributed by atoms with Gasteiger partial charge in [0, 0.05) is 25.2 Å². The van der Waals surface area contributed by atoms with Gasteiger partial charge in [0.1, 0.15) is 6.33 Å². The van der Waals surface area contributed by atoms with Crippen molar-refractivity contribution < 1.29 is 4.74 Å². The Labute approximate surface area is 112 Å². The number of nitrogens with two attached hydrogens (primary N) is 1. The first-order valence-electron chi connectivity index (χ1n) is 6.27. The molecule has 0 fully saturated rings. The molecule has 6 heteroatoms. The summed E-state index contributed by atoms with van der Waals surface area (Å²) in [5.74, 6) is 0.528. The molecule has 0 saturated heterocycles. The molecule has 0 saturated carbocycles.